The van der Waals surface area contributed by atoms with Gasteiger partial charge in [-0.1, -0.05) is 13.8 Å². The summed E-state index contributed by atoms with van der Waals surface area (Å²) >= 11 is 3.18. The molecule has 4 heteroatoms. The molecule has 0 amide bonds. The lowest BCUT2D eigenvalue weighted by atomic mass is 10.5. The van der Waals surface area contributed by atoms with Gasteiger partial charge in [-0.3, -0.25) is 4.98 Å². The van der Waals surface area contributed by atoms with Gasteiger partial charge in [-0.25, -0.2) is 4.98 Å². The number of rotatable bonds is 1. The molecule has 0 saturated carbocycles. The van der Waals surface area contributed by atoms with Gasteiger partial charge in [0.1, 0.15) is 4.60 Å². The smallest absolute Gasteiger partial charge is 0.236 e. The zero-order valence-electron chi connectivity index (χ0n) is 7.76. The van der Waals surface area contributed by atoms with Gasteiger partial charge in [-0.2, -0.15) is 0 Å². The molecular formula is C8H13BrN2O. The van der Waals surface area contributed by atoms with Crippen LogP contribution in [0.5, 0.6) is 5.88 Å². The molecule has 1 heterocycles. The highest BCUT2D eigenvalue weighted by Gasteiger charge is 1.99. The zero-order valence-corrected chi connectivity index (χ0v) is 9.34. The molecule has 0 spiro atoms. The summed E-state index contributed by atoms with van der Waals surface area (Å²) in [6.45, 7) is 5.85. The summed E-state index contributed by atoms with van der Waals surface area (Å²) in [6, 6.07) is 0. The van der Waals surface area contributed by atoms with Crippen LogP contribution in [-0.4, -0.2) is 17.1 Å². The van der Waals surface area contributed by atoms with Crippen molar-refractivity contribution in [3.8, 4) is 5.88 Å². The quantitative estimate of drug-likeness (QED) is 0.747. The number of methoxy groups -OCH3 is 1. The lowest BCUT2D eigenvalue weighted by Crippen LogP contribution is -1.93. The summed E-state index contributed by atoms with van der Waals surface area (Å²) < 4.78 is 5.61. The second kappa shape index (κ2) is 5.94. The maximum Gasteiger partial charge on any atom is 0.236 e. The Morgan fingerprint density at radius 3 is 2.42 bits per heavy atom. The molecule has 0 saturated heterocycles. The van der Waals surface area contributed by atoms with Crippen molar-refractivity contribution in [3.63, 3.8) is 0 Å². The predicted octanol–water partition coefficient (Wildman–Crippen LogP) is 2.58. The van der Waals surface area contributed by atoms with E-state index < -0.39 is 0 Å². The Morgan fingerprint density at radius 2 is 2.00 bits per heavy atom. The van der Waals surface area contributed by atoms with Crippen molar-refractivity contribution in [1.29, 1.82) is 0 Å². The van der Waals surface area contributed by atoms with Gasteiger partial charge in [-0.05, 0) is 22.9 Å². The van der Waals surface area contributed by atoms with E-state index in [9.17, 15) is 0 Å². The molecule has 0 aromatic carbocycles. The Labute approximate surface area is 81.3 Å². The van der Waals surface area contributed by atoms with Crippen molar-refractivity contribution in [2.24, 2.45) is 0 Å². The van der Waals surface area contributed by atoms with Crippen molar-refractivity contribution in [1.82, 2.24) is 9.97 Å². The van der Waals surface area contributed by atoms with E-state index in [4.69, 9.17) is 4.74 Å². The second-order valence-corrected chi connectivity index (χ2v) is 2.60. The van der Waals surface area contributed by atoms with Crippen molar-refractivity contribution in [2.45, 2.75) is 20.8 Å². The molecule has 0 aliphatic carbocycles. The standard InChI is InChI=1S/C6H7BrN2O.C2H6/c1-4-6(10-2)9-5(7)3-8-4;1-2/h3H,1-2H3;1-2H3. The first kappa shape index (κ1) is 11.4. The van der Waals surface area contributed by atoms with E-state index in [1.165, 1.54) is 0 Å². The molecule has 0 aliphatic rings. The SMILES string of the molecule is CC.COc1nc(Br)cnc1C. The fourth-order valence-corrected chi connectivity index (χ4v) is 0.869. The molecule has 12 heavy (non-hydrogen) atoms. The largest absolute Gasteiger partial charge is 0.480 e. The third-order valence-corrected chi connectivity index (χ3v) is 1.46. The van der Waals surface area contributed by atoms with E-state index >= 15 is 0 Å². The predicted molar refractivity (Wildman–Crippen MR) is 52.4 cm³/mol. The molecule has 68 valence electrons. The third-order valence-electron chi connectivity index (χ3n) is 1.08. The first-order chi connectivity index (χ1) is 5.74. The van der Waals surface area contributed by atoms with E-state index in [2.05, 4.69) is 25.9 Å². The average molecular weight is 233 g/mol. The third kappa shape index (κ3) is 3.17. The molecule has 0 fully saturated rings. The molecule has 1 rings (SSSR count). The van der Waals surface area contributed by atoms with Crippen LogP contribution in [0.2, 0.25) is 0 Å². The molecule has 0 aliphatic heterocycles. The monoisotopic (exact) mass is 232 g/mol. The summed E-state index contributed by atoms with van der Waals surface area (Å²) in [6.07, 6.45) is 1.64. The molecule has 0 N–H and O–H groups in total. The van der Waals surface area contributed by atoms with Crippen LogP contribution in [0, 0.1) is 6.92 Å². The van der Waals surface area contributed by atoms with E-state index in [0.717, 1.165) is 5.69 Å². The maximum atomic E-state index is 4.92. The Hall–Kier alpha value is -0.640. The molecule has 1 aromatic heterocycles. The van der Waals surface area contributed by atoms with Crippen molar-refractivity contribution in [3.05, 3.63) is 16.5 Å². The minimum absolute atomic E-state index is 0.564. The summed E-state index contributed by atoms with van der Waals surface area (Å²) in [7, 11) is 1.57. The molecule has 0 radical (unpaired) electrons. The fraction of sp³-hybridized carbons (Fsp3) is 0.500. The first-order valence-electron chi connectivity index (χ1n) is 3.77. The Morgan fingerprint density at radius 1 is 1.42 bits per heavy atom. The van der Waals surface area contributed by atoms with Crippen molar-refractivity contribution in [2.75, 3.05) is 7.11 Å². The number of halogens is 1. The summed E-state index contributed by atoms with van der Waals surface area (Å²) in [5.41, 5.74) is 0.797. The molecule has 0 unspecified atom stereocenters. The van der Waals surface area contributed by atoms with Crippen LogP contribution in [0.4, 0.5) is 0 Å². The summed E-state index contributed by atoms with van der Waals surface area (Å²) in [4.78, 5) is 8.04. The van der Waals surface area contributed by atoms with Crippen LogP contribution in [0.1, 0.15) is 19.5 Å². The van der Waals surface area contributed by atoms with Gasteiger partial charge >= 0.3 is 0 Å². The van der Waals surface area contributed by atoms with Crippen molar-refractivity contribution < 1.29 is 4.74 Å². The van der Waals surface area contributed by atoms with Crippen LogP contribution < -0.4 is 4.74 Å². The van der Waals surface area contributed by atoms with Gasteiger partial charge in [0.05, 0.1) is 19.0 Å². The van der Waals surface area contributed by atoms with Crippen LogP contribution >= 0.6 is 15.9 Å². The minimum Gasteiger partial charge on any atom is -0.480 e. The molecule has 1 aromatic rings. The van der Waals surface area contributed by atoms with Crippen LogP contribution in [0.25, 0.3) is 0 Å². The summed E-state index contributed by atoms with van der Waals surface area (Å²) in [5, 5.41) is 0. The average Bonchev–Trinajstić information content (AvgIpc) is 2.13. The molecule has 3 nitrogen and oxygen atoms in total. The highest BCUT2D eigenvalue weighted by molar-refractivity contribution is 9.10. The van der Waals surface area contributed by atoms with Crippen LogP contribution in [0.15, 0.2) is 10.8 Å². The van der Waals surface area contributed by atoms with Gasteiger partial charge in [0.25, 0.3) is 0 Å². The maximum absolute atomic E-state index is 4.92. The lowest BCUT2D eigenvalue weighted by molar-refractivity contribution is 0.391. The first-order valence-corrected chi connectivity index (χ1v) is 4.56. The second-order valence-electron chi connectivity index (χ2n) is 1.79. The number of hydrogen-bond acceptors (Lipinski definition) is 3. The fourth-order valence-electron chi connectivity index (χ4n) is 0.605. The van der Waals surface area contributed by atoms with E-state index in [1.807, 2.05) is 20.8 Å². The topological polar surface area (TPSA) is 35.0 Å². The highest BCUT2D eigenvalue weighted by Crippen LogP contribution is 2.13. The number of aromatic nitrogens is 2. The Bertz CT molecular complexity index is 240. The molecule has 0 bridgehead atoms. The molecule has 0 atom stereocenters. The number of ether oxygens (including phenoxy) is 1. The lowest BCUT2D eigenvalue weighted by Gasteiger charge is -2.00. The van der Waals surface area contributed by atoms with Gasteiger partial charge in [0.2, 0.25) is 5.88 Å². The summed E-state index contributed by atoms with van der Waals surface area (Å²) in [5.74, 6) is 0.564. The molecular weight excluding hydrogens is 220 g/mol. The number of nitrogens with zero attached hydrogens (tertiary/aromatic N) is 2. The van der Waals surface area contributed by atoms with Gasteiger partial charge in [0, 0.05) is 0 Å². The van der Waals surface area contributed by atoms with E-state index in [0.29, 0.717) is 10.5 Å². The minimum atomic E-state index is 0.564. The van der Waals surface area contributed by atoms with Gasteiger partial charge in [0.15, 0.2) is 0 Å². The highest BCUT2D eigenvalue weighted by atomic mass is 79.9. The number of hydrogen-bond donors (Lipinski definition) is 0. The zero-order chi connectivity index (χ0) is 9.56. The van der Waals surface area contributed by atoms with Gasteiger partial charge in [-0.15, -0.1) is 0 Å². The van der Waals surface area contributed by atoms with Crippen molar-refractivity contribution >= 4 is 15.9 Å². The van der Waals surface area contributed by atoms with E-state index in [-0.39, 0.29) is 0 Å². The van der Waals surface area contributed by atoms with Crippen LogP contribution in [-0.2, 0) is 0 Å². The van der Waals surface area contributed by atoms with E-state index in [1.54, 1.807) is 13.3 Å². The van der Waals surface area contributed by atoms with Gasteiger partial charge < -0.3 is 4.74 Å². The normalized spacial score (nSPS) is 8.42. The Balaban J connectivity index is 0.000000561. The Kier molecular flexibility index (Phi) is 5.62. The van der Waals surface area contributed by atoms with Crippen LogP contribution in [0.3, 0.4) is 0 Å². The number of aryl methyl sites for hydroxylation is 1.